The van der Waals surface area contributed by atoms with Gasteiger partial charge in [0.2, 0.25) is 11.7 Å². The number of carboxylic acids is 1. The van der Waals surface area contributed by atoms with Gasteiger partial charge in [0, 0.05) is 6.92 Å². The Morgan fingerprint density at radius 3 is 2.11 bits per heavy atom. The Morgan fingerprint density at radius 1 is 0.977 bits per heavy atom. The number of allylic oxidation sites excluding steroid dienone is 1. The summed E-state index contributed by atoms with van der Waals surface area (Å²) in [4.78, 5) is 42.6. The monoisotopic (exact) mass is 608 g/mol. The van der Waals surface area contributed by atoms with E-state index in [1.807, 2.05) is 58.0 Å². The molecule has 0 bridgehead atoms. The van der Waals surface area contributed by atoms with Crippen LogP contribution in [0.25, 0.3) is 0 Å². The van der Waals surface area contributed by atoms with Gasteiger partial charge in [-0.25, -0.2) is 14.0 Å². The Morgan fingerprint density at radius 2 is 1.59 bits per heavy atom. The summed E-state index contributed by atoms with van der Waals surface area (Å²) in [5, 5.41) is 9.65. The van der Waals surface area contributed by atoms with Gasteiger partial charge in [-0.05, 0) is 56.3 Å². The number of aliphatic imine (C=N–C) groups is 1. The number of rotatable bonds is 10. The van der Waals surface area contributed by atoms with Crippen molar-refractivity contribution in [1.82, 2.24) is 4.90 Å². The van der Waals surface area contributed by atoms with Gasteiger partial charge in [-0.1, -0.05) is 70.2 Å². The molecule has 236 valence electrons. The fourth-order valence-corrected chi connectivity index (χ4v) is 3.71. The maximum absolute atomic E-state index is 13.4. The first kappa shape index (κ1) is 37.0. The lowest BCUT2D eigenvalue weighted by molar-refractivity contribution is -0.139. The number of ether oxygens (including phenoxy) is 3. The van der Waals surface area contributed by atoms with E-state index in [0.29, 0.717) is 5.56 Å². The zero-order valence-corrected chi connectivity index (χ0v) is 26.3. The quantitative estimate of drug-likeness (QED) is 0.133. The van der Waals surface area contributed by atoms with Gasteiger partial charge in [0.05, 0.1) is 18.4 Å². The Labute approximate surface area is 258 Å². The normalized spacial score (nSPS) is 14.7. The first-order valence-corrected chi connectivity index (χ1v) is 14.3. The number of carbonyl (C=O) groups excluding carboxylic acids is 2. The third kappa shape index (κ3) is 10.4. The van der Waals surface area contributed by atoms with Crippen LogP contribution in [0, 0.1) is 5.82 Å². The second kappa shape index (κ2) is 19.2. The van der Waals surface area contributed by atoms with Crippen LogP contribution in [0.1, 0.15) is 59.6 Å². The SMILES string of the molecule is C=NC(/C(OCc1ccccc1)=C(\C)C(=O)OCC)=C1\C(=C\Cc2ccc(F)cc2)OC(C(=O)O)=CN1C(C)=O.CC.CC. The largest absolute Gasteiger partial charge is 0.486 e. The van der Waals surface area contributed by atoms with Crippen molar-refractivity contribution < 1.29 is 38.1 Å². The number of halogens is 1. The Bertz CT molecular complexity index is 1410. The molecule has 0 unspecified atom stereocenters. The third-order valence-electron chi connectivity index (χ3n) is 5.67. The molecule has 0 spiro atoms. The molecule has 1 amide bonds. The summed E-state index contributed by atoms with van der Waals surface area (Å²) in [6.45, 7) is 16.1. The Balaban J connectivity index is 0.00000232. The second-order valence-electron chi connectivity index (χ2n) is 8.49. The second-order valence-corrected chi connectivity index (χ2v) is 8.49. The zero-order chi connectivity index (χ0) is 33.2. The van der Waals surface area contributed by atoms with E-state index >= 15 is 0 Å². The Kier molecular flexibility index (Phi) is 16.2. The number of aliphatic carboxylic acids is 1. The highest BCUT2D eigenvalue weighted by Crippen LogP contribution is 2.35. The predicted octanol–water partition coefficient (Wildman–Crippen LogP) is 7.08. The summed E-state index contributed by atoms with van der Waals surface area (Å²) < 4.78 is 30.4. The van der Waals surface area contributed by atoms with E-state index in [9.17, 15) is 23.9 Å². The van der Waals surface area contributed by atoms with Crippen LogP contribution in [0.5, 0.6) is 0 Å². The minimum Gasteiger partial charge on any atom is -0.486 e. The molecular formula is C34H41FN2O7. The fraction of sp³-hybridized carbons (Fsp3) is 0.294. The molecule has 0 aliphatic carbocycles. The number of esters is 1. The molecule has 0 aromatic heterocycles. The highest BCUT2D eigenvalue weighted by molar-refractivity contribution is 5.90. The van der Waals surface area contributed by atoms with E-state index in [-0.39, 0.29) is 48.1 Å². The number of carbonyl (C=O) groups is 3. The molecule has 44 heavy (non-hydrogen) atoms. The lowest BCUT2D eigenvalue weighted by Gasteiger charge is -2.30. The van der Waals surface area contributed by atoms with E-state index < -0.39 is 29.4 Å². The van der Waals surface area contributed by atoms with Gasteiger partial charge in [-0.3, -0.25) is 14.7 Å². The van der Waals surface area contributed by atoms with Crippen LogP contribution in [-0.2, 0) is 41.6 Å². The molecule has 0 atom stereocenters. The highest BCUT2D eigenvalue weighted by atomic mass is 19.1. The molecule has 3 rings (SSSR count). The molecule has 0 fully saturated rings. The van der Waals surface area contributed by atoms with Crippen LogP contribution in [0.15, 0.2) is 106 Å². The summed E-state index contributed by atoms with van der Waals surface area (Å²) >= 11 is 0. The average Bonchev–Trinajstić information content (AvgIpc) is 3.04. The smallest absolute Gasteiger partial charge is 0.373 e. The molecular weight excluding hydrogens is 567 g/mol. The number of nitrogens with zero attached hydrogens (tertiary/aromatic N) is 2. The van der Waals surface area contributed by atoms with Crippen molar-refractivity contribution in [2.75, 3.05) is 6.61 Å². The molecule has 10 heteroatoms. The number of hydrogen-bond donors (Lipinski definition) is 1. The van der Waals surface area contributed by atoms with Crippen molar-refractivity contribution in [3.05, 3.63) is 118 Å². The van der Waals surface area contributed by atoms with Gasteiger partial charge < -0.3 is 19.3 Å². The number of amides is 1. The summed E-state index contributed by atoms with van der Waals surface area (Å²) in [6.07, 6.45) is 2.71. The number of carboxylic acid groups (broad SMARTS) is 1. The van der Waals surface area contributed by atoms with Crippen LogP contribution in [0.4, 0.5) is 4.39 Å². The summed E-state index contributed by atoms with van der Waals surface area (Å²) in [5.74, 6) is -3.70. The highest BCUT2D eigenvalue weighted by Gasteiger charge is 2.33. The minimum atomic E-state index is -1.41. The van der Waals surface area contributed by atoms with Gasteiger partial charge in [-0.15, -0.1) is 0 Å². The van der Waals surface area contributed by atoms with Gasteiger partial charge >= 0.3 is 11.9 Å². The lowest BCUT2D eigenvalue weighted by atomic mass is 10.1. The van der Waals surface area contributed by atoms with E-state index in [1.165, 1.54) is 32.1 Å². The standard InChI is InChI=1S/C30H29FN2O7.2C2H6/c1-5-38-30(37)19(2)28(39-18-22-9-7-6-8-10-22)26(32-4)27-24(16-13-21-11-14-23(31)15-12-21)40-25(29(35)36)17-33(27)20(3)34;2*1-2/h6-12,14-17H,4-5,13,18H2,1-3H3,(H,35,36);2*1-2H3/b24-16-,27-26+,28-19-;;. The van der Waals surface area contributed by atoms with Crippen molar-refractivity contribution in [2.45, 2.75) is 61.5 Å². The van der Waals surface area contributed by atoms with Crippen molar-refractivity contribution in [3.8, 4) is 0 Å². The molecule has 0 radical (unpaired) electrons. The Hall–Kier alpha value is -4.99. The minimum absolute atomic E-state index is 0.00122. The fourth-order valence-electron chi connectivity index (χ4n) is 3.71. The van der Waals surface area contributed by atoms with Gasteiger partial charge in [0.15, 0.2) is 11.5 Å². The molecule has 2 aromatic carbocycles. The van der Waals surface area contributed by atoms with Gasteiger partial charge in [0.1, 0.15) is 23.8 Å². The number of benzene rings is 2. The predicted molar refractivity (Wildman–Crippen MR) is 167 cm³/mol. The number of hydrogen-bond acceptors (Lipinski definition) is 7. The van der Waals surface area contributed by atoms with Crippen molar-refractivity contribution >= 4 is 24.6 Å². The van der Waals surface area contributed by atoms with E-state index in [2.05, 4.69) is 11.7 Å². The van der Waals surface area contributed by atoms with E-state index in [0.717, 1.165) is 16.7 Å². The van der Waals surface area contributed by atoms with Crippen LogP contribution in [0.3, 0.4) is 0 Å². The maximum atomic E-state index is 13.4. The topological polar surface area (TPSA) is 115 Å². The van der Waals surface area contributed by atoms with Crippen molar-refractivity contribution in [3.63, 3.8) is 0 Å². The van der Waals surface area contributed by atoms with Gasteiger partial charge in [0.25, 0.3) is 0 Å². The zero-order valence-electron chi connectivity index (χ0n) is 26.3. The lowest BCUT2D eigenvalue weighted by Crippen LogP contribution is -2.31. The summed E-state index contributed by atoms with van der Waals surface area (Å²) in [5.41, 5.74) is 1.46. The molecule has 1 aliphatic rings. The molecule has 9 nitrogen and oxygen atoms in total. The molecule has 1 N–H and O–H groups in total. The first-order valence-electron chi connectivity index (χ1n) is 14.3. The van der Waals surface area contributed by atoms with E-state index in [4.69, 9.17) is 14.2 Å². The molecule has 0 saturated carbocycles. The maximum Gasteiger partial charge on any atom is 0.373 e. The summed E-state index contributed by atoms with van der Waals surface area (Å²) in [7, 11) is 0. The molecule has 0 saturated heterocycles. The van der Waals surface area contributed by atoms with Crippen molar-refractivity contribution in [2.24, 2.45) is 4.99 Å². The van der Waals surface area contributed by atoms with Crippen LogP contribution < -0.4 is 0 Å². The first-order chi connectivity index (χ1) is 21.2. The van der Waals surface area contributed by atoms with Crippen LogP contribution in [-0.4, -0.2) is 41.2 Å². The third-order valence-corrected chi connectivity index (χ3v) is 5.67. The van der Waals surface area contributed by atoms with Gasteiger partial charge in [-0.2, -0.15) is 0 Å². The van der Waals surface area contributed by atoms with Crippen molar-refractivity contribution in [1.29, 1.82) is 0 Å². The van der Waals surface area contributed by atoms with Crippen LogP contribution >= 0.6 is 0 Å². The van der Waals surface area contributed by atoms with E-state index in [1.54, 1.807) is 19.1 Å². The molecule has 1 heterocycles. The molecule has 1 aliphatic heterocycles. The summed E-state index contributed by atoms with van der Waals surface area (Å²) in [6, 6.07) is 14.8. The average molecular weight is 609 g/mol. The van der Waals surface area contributed by atoms with Crippen LogP contribution in [0.2, 0.25) is 0 Å². The molecule has 2 aromatic rings.